The van der Waals surface area contributed by atoms with Crippen LogP contribution in [0.1, 0.15) is 6.92 Å². The molecule has 0 saturated heterocycles. The van der Waals surface area contributed by atoms with Crippen LogP contribution in [0.2, 0.25) is 10.6 Å². The van der Waals surface area contributed by atoms with Crippen molar-refractivity contribution in [3.8, 4) is 11.4 Å². The number of carbonyl (C=O) groups is 1. The highest BCUT2D eigenvalue weighted by molar-refractivity contribution is 6.31. The molecule has 0 fully saturated rings. The van der Waals surface area contributed by atoms with Gasteiger partial charge in [0.05, 0.1) is 0 Å². The van der Waals surface area contributed by atoms with E-state index in [1.807, 2.05) is 0 Å². The van der Waals surface area contributed by atoms with Crippen LogP contribution in [-0.4, -0.2) is 25.8 Å². The van der Waals surface area contributed by atoms with Gasteiger partial charge >= 0.3 is 0 Å². The molecule has 1 N–H and O–H groups in total. The highest BCUT2D eigenvalue weighted by Crippen LogP contribution is 2.18. The highest BCUT2D eigenvalue weighted by Gasteiger charge is 2.06. The molecule has 0 spiro atoms. The lowest BCUT2D eigenvalue weighted by Crippen LogP contribution is -2.07. The summed E-state index contributed by atoms with van der Waals surface area (Å²) in [6.45, 7) is 1.40. The van der Waals surface area contributed by atoms with Gasteiger partial charge in [0.2, 0.25) is 16.5 Å². The van der Waals surface area contributed by atoms with Gasteiger partial charge < -0.3 is 5.32 Å². The number of aromatic nitrogens is 4. The second-order valence-electron chi connectivity index (χ2n) is 3.31. The van der Waals surface area contributed by atoms with Gasteiger partial charge in [0, 0.05) is 18.7 Å². The first kappa shape index (κ1) is 12.7. The zero-order chi connectivity index (χ0) is 13.1. The second kappa shape index (κ2) is 5.24. The van der Waals surface area contributed by atoms with Crippen LogP contribution in [-0.2, 0) is 4.79 Å². The minimum Gasteiger partial charge on any atom is -0.311 e. The fourth-order valence-corrected chi connectivity index (χ4v) is 1.60. The predicted octanol–water partition coefficient (Wildman–Crippen LogP) is 2.20. The highest BCUT2D eigenvalue weighted by atomic mass is 35.5. The molecule has 0 aromatic carbocycles. The zero-order valence-electron chi connectivity index (χ0n) is 9.19. The Morgan fingerprint density at radius 2 is 1.83 bits per heavy atom. The predicted molar refractivity (Wildman–Crippen MR) is 67.4 cm³/mol. The van der Waals surface area contributed by atoms with E-state index in [4.69, 9.17) is 23.2 Å². The van der Waals surface area contributed by atoms with E-state index in [1.54, 1.807) is 12.1 Å². The normalized spacial score (nSPS) is 10.2. The number of carbonyl (C=O) groups excluding carboxylic acids is 1. The lowest BCUT2D eigenvalue weighted by atomic mass is 10.2. The number of nitrogens with zero attached hydrogens (tertiary/aromatic N) is 4. The first-order valence-electron chi connectivity index (χ1n) is 4.85. The summed E-state index contributed by atoms with van der Waals surface area (Å²) in [5.74, 6) is 0.570. The fourth-order valence-electron chi connectivity index (χ4n) is 1.24. The topological polar surface area (TPSA) is 80.7 Å². The molecular weight excluding hydrogens is 277 g/mol. The number of halogens is 2. The van der Waals surface area contributed by atoms with Crippen molar-refractivity contribution < 1.29 is 4.79 Å². The maximum atomic E-state index is 10.8. The van der Waals surface area contributed by atoms with Gasteiger partial charge in [-0.25, -0.2) is 4.98 Å². The molecule has 2 heterocycles. The fraction of sp³-hybridized carbons (Fsp3) is 0.100. The molecule has 2 aromatic rings. The molecule has 2 rings (SSSR count). The quantitative estimate of drug-likeness (QED) is 0.914. The van der Waals surface area contributed by atoms with Crippen LogP contribution in [0, 0.1) is 0 Å². The van der Waals surface area contributed by atoms with Crippen molar-refractivity contribution in [1.29, 1.82) is 0 Å². The van der Waals surface area contributed by atoms with Gasteiger partial charge in [-0.3, -0.25) is 4.79 Å². The Morgan fingerprint density at radius 3 is 2.33 bits per heavy atom. The van der Waals surface area contributed by atoms with Crippen molar-refractivity contribution in [2.45, 2.75) is 6.92 Å². The minimum absolute atomic E-state index is 0.0101. The standard InChI is InChI=1S/C10H7Cl2N5O/c1-5(18)14-7-3-2-6(4-13-7)8-15-9(11)17-10(12)16-8/h2-4H,1H3,(H,13,14,18). The lowest BCUT2D eigenvalue weighted by molar-refractivity contribution is -0.114. The van der Waals surface area contributed by atoms with E-state index in [9.17, 15) is 4.79 Å². The van der Waals surface area contributed by atoms with Gasteiger partial charge in [-0.15, -0.1) is 0 Å². The lowest BCUT2D eigenvalue weighted by Gasteiger charge is -2.03. The molecule has 6 nitrogen and oxygen atoms in total. The Balaban J connectivity index is 2.31. The minimum atomic E-state index is -0.193. The Bertz CT molecular complexity index is 567. The van der Waals surface area contributed by atoms with E-state index < -0.39 is 0 Å². The van der Waals surface area contributed by atoms with Gasteiger partial charge in [-0.05, 0) is 35.3 Å². The van der Waals surface area contributed by atoms with Crippen molar-refractivity contribution in [1.82, 2.24) is 19.9 Å². The van der Waals surface area contributed by atoms with Crippen molar-refractivity contribution in [2.24, 2.45) is 0 Å². The summed E-state index contributed by atoms with van der Waals surface area (Å²) in [7, 11) is 0. The second-order valence-corrected chi connectivity index (χ2v) is 3.99. The Morgan fingerprint density at radius 1 is 1.17 bits per heavy atom. The average Bonchev–Trinajstić information content (AvgIpc) is 2.27. The molecule has 92 valence electrons. The number of hydrogen-bond acceptors (Lipinski definition) is 5. The van der Waals surface area contributed by atoms with Gasteiger partial charge in [-0.1, -0.05) is 0 Å². The summed E-state index contributed by atoms with van der Waals surface area (Å²) >= 11 is 11.4. The van der Waals surface area contributed by atoms with E-state index in [2.05, 4.69) is 25.3 Å². The molecule has 18 heavy (non-hydrogen) atoms. The number of amides is 1. The van der Waals surface area contributed by atoms with Crippen molar-refractivity contribution >= 4 is 34.9 Å². The molecule has 0 saturated carbocycles. The first-order valence-corrected chi connectivity index (χ1v) is 5.61. The summed E-state index contributed by atoms with van der Waals surface area (Å²) < 4.78 is 0. The van der Waals surface area contributed by atoms with Gasteiger partial charge in [0.15, 0.2) is 5.82 Å². The molecular formula is C10H7Cl2N5O. The Labute approximate surface area is 112 Å². The van der Waals surface area contributed by atoms with Crippen LogP contribution < -0.4 is 5.32 Å². The van der Waals surface area contributed by atoms with Crippen molar-refractivity contribution in [3.63, 3.8) is 0 Å². The van der Waals surface area contributed by atoms with E-state index in [0.29, 0.717) is 17.2 Å². The summed E-state index contributed by atoms with van der Waals surface area (Å²) in [6.07, 6.45) is 1.51. The molecule has 0 atom stereocenters. The summed E-state index contributed by atoms with van der Waals surface area (Å²) in [5.41, 5.74) is 0.621. The van der Waals surface area contributed by atoms with Crippen molar-refractivity contribution in [2.75, 3.05) is 5.32 Å². The van der Waals surface area contributed by atoms with Crippen LogP contribution in [0.25, 0.3) is 11.4 Å². The SMILES string of the molecule is CC(=O)Nc1ccc(-c2nc(Cl)nc(Cl)n2)cn1. The van der Waals surface area contributed by atoms with E-state index in [-0.39, 0.29) is 16.5 Å². The number of rotatable bonds is 2. The third kappa shape index (κ3) is 3.12. The molecule has 0 aliphatic heterocycles. The molecule has 2 aromatic heterocycles. The van der Waals surface area contributed by atoms with Crippen LogP contribution in [0.4, 0.5) is 5.82 Å². The van der Waals surface area contributed by atoms with Crippen LogP contribution >= 0.6 is 23.2 Å². The van der Waals surface area contributed by atoms with E-state index in [1.165, 1.54) is 13.1 Å². The number of hydrogen-bond donors (Lipinski definition) is 1. The first-order chi connectivity index (χ1) is 8.54. The van der Waals surface area contributed by atoms with E-state index in [0.717, 1.165) is 0 Å². The smallest absolute Gasteiger partial charge is 0.227 e. The van der Waals surface area contributed by atoms with Gasteiger partial charge in [0.1, 0.15) is 5.82 Å². The third-order valence-corrected chi connectivity index (χ3v) is 2.24. The largest absolute Gasteiger partial charge is 0.311 e. The Kier molecular flexibility index (Phi) is 3.69. The average molecular weight is 284 g/mol. The number of anilines is 1. The third-order valence-electron chi connectivity index (χ3n) is 1.91. The maximum absolute atomic E-state index is 10.8. The maximum Gasteiger partial charge on any atom is 0.227 e. The molecule has 8 heteroatoms. The molecule has 0 aliphatic rings. The van der Waals surface area contributed by atoms with E-state index >= 15 is 0 Å². The monoisotopic (exact) mass is 283 g/mol. The summed E-state index contributed by atoms with van der Waals surface area (Å²) in [6, 6.07) is 3.32. The number of pyridine rings is 1. The van der Waals surface area contributed by atoms with Gasteiger partial charge in [0.25, 0.3) is 0 Å². The molecule has 1 amide bonds. The van der Waals surface area contributed by atoms with Crippen LogP contribution in [0.3, 0.4) is 0 Å². The zero-order valence-corrected chi connectivity index (χ0v) is 10.7. The Hall–Kier alpha value is -1.79. The molecule has 0 aliphatic carbocycles. The van der Waals surface area contributed by atoms with Crippen LogP contribution in [0.15, 0.2) is 18.3 Å². The number of nitrogens with one attached hydrogen (secondary N) is 1. The molecule has 0 unspecified atom stereocenters. The summed E-state index contributed by atoms with van der Waals surface area (Å²) in [4.78, 5) is 26.4. The molecule has 0 bridgehead atoms. The molecule has 0 radical (unpaired) electrons. The summed E-state index contributed by atoms with van der Waals surface area (Å²) in [5, 5.41) is 2.57. The van der Waals surface area contributed by atoms with Gasteiger partial charge in [-0.2, -0.15) is 15.0 Å². The van der Waals surface area contributed by atoms with Crippen LogP contribution in [0.5, 0.6) is 0 Å². The van der Waals surface area contributed by atoms with Crippen molar-refractivity contribution in [3.05, 3.63) is 28.9 Å².